The molecule has 30 heavy (non-hydrogen) atoms. The largest absolute Gasteiger partial charge is 0.390 e. The molecule has 2 heterocycles. The van der Waals surface area contributed by atoms with Gasteiger partial charge in [0.25, 0.3) is 0 Å². The molecule has 0 spiro atoms. The number of anilines is 1. The first-order valence-corrected chi connectivity index (χ1v) is 10.2. The van der Waals surface area contributed by atoms with Gasteiger partial charge in [-0.15, -0.1) is 0 Å². The molecule has 0 aromatic heterocycles. The van der Waals surface area contributed by atoms with Gasteiger partial charge in [0.05, 0.1) is 0 Å². The van der Waals surface area contributed by atoms with Crippen molar-refractivity contribution >= 4 is 17.6 Å². The van der Waals surface area contributed by atoms with Crippen molar-refractivity contribution in [2.75, 3.05) is 18.9 Å². The highest BCUT2D eigenvalue weighted by molar-refractivity contribution is 6.03. The van der Waals surface area contributed by atoms with Crippen LogP contribution in [0.25, 0.3) is 6.08 Å². The van der Waals surface area contributed by atoms with E-state index in [1.165, 1.54) is 12.1 Å². The number of hydrogen-bond donors (Lipinski definition) is 2. The van der Waals surface area contributed by atoms with E-state index in [4.69, 9.17) is 4.84 Å². The van der Waals surface area contributed by atoms with Gasteiger partial charge in [-0.25, -0.2) is 4.39 Å². The van der Waals surface area contributed by atoms with Crippen LogP contribution in [-0.4, -0.2) is 24.3 Å². The van der Waals surface area contributed by atoms with Gasteiger partial charge in [-0.1, -0.05) is 29.4 Å². The van der Waals surface area contributed by atoms with E-state index < -0.39 is 5.72 Å². The van der Waals surface area contributed by atoms with Crippen LogP contribution in [0.15, 0.2) is 71.2 Å². The van der Waals surface area contributed by atoms with Crippen LogP contribution >= 0.6 is 0 Å². The van der Waals surface area contributed by atoms with Gasteiger partial charge >= 0.3 is 0 Å². The van der Waals surface area contributed by atoms with E-state index in [0.29, 0.717) is 0 Å². The smallest absolute Gasteiger partial charge is 0.234 e. The average Bonchev–Trinajstić information content (AvgIpc) is 3.12. The molecule has 2 aliphatic rings. The quantitative estimate of drug-likeness (QED) is 0.733. The Bertz CT molecular complexity index is 995. The van der Waals surface area contributed by atoms with Crippen LogP contribution in [0.4, 0.5) is 10.1 Å². The highest BCUT2D eigenvalue weighted by atomic mass is 19.1. The maximum atomic E-state index is 13.4. The molecule has 2 aromatic rings. The highest BCUT2D eigenvalue weighted by Crippen LogP contribution is 2.40. The van der Waals surface area contributed by atoms with Gasteiger partial charge in [0, 0.05) is 43.7 Å². The Morgan fingerprint density at radius 1 is 1.17 bits per heavy atom. The number of fused-ring (bicyclic) bond motifs is 1. The van der Waals surface area contributed by atoms with E-state index >= 15 is 0 Å². The van der Waals surface area contributed by atoms with Crippen LogP contribution in [0.2, 0.25) is 0 Å². The Balaban J connectivity index is 1.53. The summed E-state index contributed by atoms with van der Waals surface area (Å²) in [7, 11) is 1.90. The van der Waals surface area contributed by atoms with Crippen LogP contribution in [0.1, 0.15) is 37.8 Å². The number of benzene rings is 2. The van der Waals surface area contributed by atoms with E-state index in [2.05, 4.69) is 51.0 Å². The van der Waals surface area contributed by atoms with Crippen LogP contribution in [0.5, 0.6) is 0 Å². The lowest BCUT2D eigenvalue weighted by molar-refractivity contribution is -0.0913. The summed E-state index contributed by atoms with van der Waals surface area (Å²) in [5.41, 5.74) is 4.54. The molecule has 0 radical (unpaired) electrons. The van der Waals surface area contributed by atoms with Crippen molar-refractivity contribution in [2.24, 2.45) is 5.16 Å². The third-order valence-corrected chi connectivity index (χ3v) is 5.68. The maximum Gasteiger partial charge on any atom is 0.234 e. The lowest BCUT2D eigenvalue weighted by Gasteiger charge is -2.37. The summed E-state index contributed by atoms with van der Waals surface area (Å²) in [5.74, 6) is 0.609. The van der Waals surface area contributed by atoms with E-state index in [-0.39, 0.29) is 5.82 Å². The zero-order chi connectivity index (χ0) is 21.1. The second-order valence-corrected chi connectivity index (χ2v) is 7.76. The standard InChI is InChI=1S/C24H27FN4O/c1-17(26-3)16-27-22-12-6-18(7-13-22)15-19-5-4-14-29-23(19)28-30-24(29,2)20-8-10-21(25)11-9-20/h6-13,15-16,26-27H,4-5,14H2,1-3H3/b17-16-,19-15+. The Labute approximate surface area is 176 Å². The summed E-state index contributed by atoms with van der Waals surface area (Å²) in [6.45, 7) is 4.84. The number of nitrogens with zero attached hydrogens (tertiary/aromatic N) is 2. The normalized spacial score (nSPS) is 22.4. The Morgan fingerprint density at radius 2 is 1.90 bits per heavy atom. The van der Waals surface area contributed by atoms with Gasteiger partial charge in [0.15, 0.2) is 5.84 Å². The maximum absolute atomic E-state index is 13.4. The fraction of sp³-hybridized carbons (Fsp3) is 0.292. The van der Waals surface area contributed by atoms with Crippen molar-refractivity contribution < 1.29 is 9.23 Å². The van der Waals surface area contributed by atoms with Crippen molar-refractivity contribution in [3.05, 3.63) is 82.9 Å². The van der Waals surface area contributed by atoms with Crippen molar-refractivity contribution in [1.82, 2.24) is 10.2 Å². The molecule has 6 heteroatoms. The van der Waals surface area contributed by atoms with Crippen molar-refractivity contribution in [2.45, 2.75) is 32.4 Å². The molecule has 0 saturated carbocycles. The molecule has 0 aliphatic carbocycles. The molecule has 2 aromatic carbocycles. The summed E-state index contributed by atoms with van der Waals surface area (Å²) in [5, 5.41) is 10.8. The average molecular weight is 407 g/mol. The van der Waals surface area contributed by atoms with Gasteiger partial charge in [-0.3, -0.25) is 0 Å². The number of allylic oxidation sites excluding steroid dienone is 1. The lowest BCUT2D eigenvalue weighted by Crippen LogP contribution is -2.46. The molecule has 156 valence electrons. The minimum absolute atomic E-state index is 0.254. The van der Waals surface area contributed by atoms with Crippen molar-refractivity contribution in [3.63, 3.8) is 0 Å². The SMILES string of the molecule is CN/C(C)=C\Nc1ccc(/C=C2\CCCN3C2=NOC3(C)c2ccc(F)cc2)cc1. The highest BCUT2D eigenvalue weighted by Gasteiger charge is 2.45. The molecule has 0 bridgehead atoms. The van der Waals surface area contributed by atoms with E-state index in [9.17, 15) is 4.39 Å². The summed E-state index contributed by atoms with van der Waals surface area (Å²) < 4.78 is 13.4. The van der Waals surface area contributed by atoms with Crippen molar-refractivity contribution in [3.8, 4) is 0 Å². The topological polar surface area (TPSA) is 48.9 Å². The third kappa shape index (κ3) is 3.90. The summed E-state index contributed by atoms with van der Waals surface area (Å²) in [6, 6.07) is 14.8. The zero-order valence-electron chi connectivity index (χ0n) is 17.6. The number of oxime groups is 1. The summed E-state index contributed by atoms with van der Waals surface area (Å²) >= 11 is 0. The molecular formula is C24H27FN4O. The first kappa shape index (κ1) is 20.0. The van der Waals surface area contributed by atoms with E-state index in [1.54, 1.807) is 12.1 Å². The Hall–Kier alpha value is -3.28. The molecule has 2 N–H and O–H groups in total. The molecule has 1 saturated heterocycles. The fourth-order valence-electron chi connectivity index (χ4n) is 3.77. The Morgan fingerprint density at radius 3 is 2.60 bits per heavy atom. The molecule has 1 unspecified atom stereocenters. The summed E-state index contributed by atoms with van der Waals surface area (Å²) in [6.07, 6.45) is 6.07. The number of rotatable bonds is 5. The number of piperidine rings is 1. The first-order chi connectivity index (χ1) is 14.5. The van der Waals surface area contributed by atoms with Gasteiger partial charge < -0.3 is 20.4 Å². The molecule has 1 fully saturated rings. The minimum atomic E-state index is -0.714. The number of amidine groups is 1. The van der Waals surface area contributed by atoms with Crippen molar-refractivity contribution in [1.29, 1.82) is 0 Å². The molecule has 0 amide bonds. The Kier molecular flexibility index (Phi) is 5.48. The predicted molar refractivity (Wildman–Crippen MR) is 119 cm³/mol. The number of nitrogens with one attached hydrogen (secondary N) is 2. The van der Waals surface area contributed by atoms with Gasteiger partial charge in [0.2, 0.25) is 5.72 Å². The zero-order valence-corrected chi connectivity index (χ0v) is 17.6. The molecule has 2 aliphatic heterocycles. The van der Waals surface area contributed by atoms with Crippen LogP contribution in [0, 0.1) is 5.82 Å². The predicted octanol–water partition coefficient (Wildman–Crippen LogP) is 5.01. The summed E-state index contributed by atoms with van der Waals surface area (Å²) in [4.78, 5) is 8.07. The lowest BCUT2D eigenvalue weighted by atomic mass is 9.95. The third-order valence-electron chi connectivity index (χ3n) is 5.68. The molecule has 5 nitrogen and oxygen atoms in total. The minimum Gasteiger partial charge on any atom is -0.390 e. The molecule has 4 rings (SSSR count). The van der Waals surface area contributed by atoms with Gasteiger partial charge in [-0.2, -0.15) is 0 Å². The van der Waals surface area contributed by atoms with Gasteiger partial charge in [-0.05, 0) is 61.2 Å². The number of halogens is 1. The fourth-order valence-corrected chi connectivity index (χ4v) is 3.77. The van der Waals surface area contributed by atoms with Crippen LogP contribution < -0.4 is 10.6 Å². The second-order valence-electron chi connectivity index (χ2n) is 7.76. The van der Waals surface area contributed by atoms with E-state index in [0.717, 1.165) is 53.3 Å². The van der Waals surface area contributed by atoms with Gasteiger partial charge in [0.1, 0.15) is 5.82 Å². The second kappa shape index (κ2) is 8.22. The monoisotopic (exact) mass is 406 g/mol. The molecular weight excluding hydrogens is 379 g/mol. The first-order valence-electron chi connectivity index (χ1n) is 10.2. The van der Waals surface area contributed by atoms with E-state index in [1.807, 2.05) is 27.1 Å². The molecule has 1 atom stereocenters. The number of hydrogen-bond acceptors (Lipinski definition) is 5. The van der Waals surface area contributed by atoms with Crippen LogP contribution in [0.3, 0.4) is 0 Å². The van der Waals surface area contributed by atoms with Crippen LogP contribution in [-0.2, 0) is 10.6 Å².